The standard InChI is InChI=1S/C26H31NO4/c1-30-20-12-13-23(31-2)21(18-20)25-22-10-6-7-15-26(22,29)16-17-27(25)24(28)14-11-19-8-4-3-5-9-19/h3-5,8-9,11-14,18,22,25,29H,6-7,10,15-17H2,1-2H3/b14-11+/t22-,25-,26-/m0/s1. The predicted molar refractivity (Wildman–Crippen MR) is 121 cm³/mol. The fourth-order valence-corrected chi connectivity index (χ4v) is 5.21. The Balaban J connectivity index is 1.73. The fourth-order valence-electron chi connectivity index (χ4n) is 5.21. The Kier molecular flexibility index (Phi) is 6.33. The molecular formula is C26H31NO4. The van der Waals surface area contributed by atoms with Gasteiger partial charge in [0.25, 0.3) is 0 Å². The Bertz CT molecular complexity index is 942. The van der Waals surface area contributed by atoms with Gasteiger partial charge in [0, 0.05) is 24.1 Å². The van der Waals surface area contributed by atoms with Crippen LogP contribution in [0.25, 0.3) is 6.08 Å². The second-order valence-electron chi connectivity index (χ2n) is 8.53. The molecule has 1 N–H and O–H groups in total. The number of carbonyl (C=O) groups is 1. The number of fused-ring (bicyclic) bond motifs is 1. The molecule has 3 atom stereocenters. The van der Waals surface area contributed by atoms with Gasteiger partial charge < -0.3 is 19.5 Å². The Labute approximate surface area is 184 Å². The van der Waals surface area contributed by atoms with Crippen LogP contribution in [-0.2, 0) is 4.79 Å². The van der Waals surface area contributed by atoms with Crippen LogP contribution in [-0.4, -0.2) is 42.3 Å². The van der Waals surface area contributed by atoms with E-state index in [1.807, 2.05) is 59.5 Å². The van der Waals surface area contributed by atoms with E-state index in [4.69, 9.17) is 9.47 Å². The normalized spacial score (nSPS) is 25.8. The topological polar surface area (TPSA) is 59.0 Å². The lowest BCUT2D eigenvalue weighted by molar-refractivity contribution is -0.151. The van der Waals surface area contributed by atoms with Crippen LogP contribution in [0.3, 0.4) is 0 Å². The molecule has 2 aromatic carbocycles. The summed E-state index contributed by atoms with van der Waals surface area (Å²) >= 11 is 0. The van der Waals surface area contributed by atoms with E-state index in [0.717, 1.165) is 36.8 Å². The predicted octanol–water partition coefficient (Wildman–Crippen LogP) is 4.61. The zero-order valence-electron chi connectivity index (χ0n) is 18.3. The third-order valence-electron chi connectivity index (χ3n) is 6.82. The molecule has 31 heavy (non-hydrogen) atoms. The van der Waals surface area contributed by atoms with Crippen LogP contribution in [0.1, 0.15) is 49.3 Å². The molecule has 1 amide bonds. The highest BCUT2D eigenvalue weighted by atomic mass is 16.5. The van der Waals surface area contributed by atoms with Crippen molar-refractivity contribution in [2.24, 2.45) is 5.92 Å². The molecule has 0 aromatic heterocycles. The Hall–Kier alpha value is -2.79. The van der Waals surface area contributed by atoms with Crippen molar-refractivity contribution in [1.29, 1.82) is 0 Å². The highest BCUT2D eigenvalue weighted by molar-refractivity contribution is 5.92. The number of carbonyl (C=O) groups excluding carboxylic acids is 1. The van der Waals surface area contributed by atoms with Gasteiger partial charge in [-0.3, -0.25) is 4.79 Å². The smallest absolute Gasteiger partial charge is 0.247 e. The first-order valence-electron chi connectivity index (χ1n) is 11.0. The Morgan fingerprint density at radius 3 is 2.65 bits per heavy atom. The molecule has 2 aromatic rings. The minimum atomic E-state index is -0.753. The summed E-state index contributed by atoms with van der Waals surface area (Å²) in [6.45, 7) is 0.510. The lowest BCUT2D eigenvalue weighted by Crippen LogP contribution is -2.56. The first-order chi connectivity index (χ1) is 15.1. The molecule has 2 aliphatic rings. The monoisotopic (exact) mass is 421 g/mol. The average molecular weight is 422 g/mol. The molecule has 5 heteroatoms. The number of nitrogens with zero attached hydrogens (tertiary/aromatic N) is 1. The first kappa shape index (κ1) is 21.4. The maximum absolute atomic E-state index is 13.4. The number of piperidine rings is 1. The van der Waals surface area contributed by atoms with Crippen LogP contribution >= 0.6 is 0 Å². The number of ether oxygens (including phenoxy) is 2. The molecule has 1 heterocycles. The van der Waals surface area contributed by atoms with Gasteiger partial charge in [0.1, 0.15) is 11.5 Å². The van der Waals surface area contributed by atoms with Gasteiger partial charge in [-0.2, -0.15) is 0 Å². The second-order valence-corrected chi connectivity index (χ2v) is 8.53. The number of hydrogen-bond acceptors (Lipinski definition) is 4. The van der Waals surface area contributed by atoms with E-state index in [0.29, 0.717) is 24.5 Å². The molecule has 2 fully saturated rings. The van der Waals surface area contributed by atoms with Crippen molar-refractivity contribution in [1.82, 2.24) is 4.90 Å². The SMILES string of the molecule is COc1ccc(OC)c([C@H]2[C@@H]3CCCC[C@]3(O)CCN2C(=O)/C=C/c2ccccc2)c1. The molecule has 0 spiro atoms. The summed E-state index contributed by atoms with van der Waals surface area (Å²) in [6, 6.07) is 15.2. The summed E-state index contributed by atoms with van der Waals surface area (Å²) in [5.41, 5.74) is 1.13. The van der Waals surface area contributed by atoms with Gasteiger partial charge in [-0.05, 0) is 49.1 Å². The summed E-state index contributed by atoms with van der Waals surface area (Å²) in [7, 11) is 3.28. The van der Waals surface area contributed by atoms with Crippen LogP contribution in [0.5, 0.6) is 11.5 Å². The van der Waals surface area contributed by atoms with Crippen LogP contribution in [0.15, 0.2) is 54.6 Å². The van der Waals surface area contributed by atoms with Crippen LogP contribution in [0, 0.1) is 5.92 Å². The van der Waals surface area contributed by atoms with E-state index >= 15 is 0 Å². The van der Waals surface area contributed by atoms with Crippen molar-refractivity contribution in [2.45, 2.75) is 43.7 Å². The van der Waals surface area contributed by atoms with Gasteiger partial charge in [-0.25, -0.2) is 0 Å². The summed E-state index contributed by atoms with van der Waals surface area (Å²) in [5, 5.41) is 11.5. The van der Waals surface area contributed by atoms with Crippen molar-refractivity contribution < 1.29 is 19.4 Å². The van der Waals surface area contributed by atoms with Crippen LogP contribution in [0.4, 0.5) is 0 Å². The molecule has 5 nitrogen and oxygen atoms in total. The molecule has 4 rings (SSSR count). The summed E-state index contributed by atoms with van der Waals surface area (Å²) in [5.74, 6) is 1.34. The quantitative estimate of drug-likeness (QED) is 0.716. The number of benzene rings is 2. The van der Waals surface area contributed by atoms with E-state index in [1.54, 1.807) is 20.3 Å². The van der Waals surface area contributed by atoms with Gasteiger partial charge >= 0.3 is 0 Å². The number of hydrogen-bond donors (Lipinski definition) is 1. The maximum Gasteiger partial charge on any atom is 0.247 e. The number of amides is 1. The first-order valence-corrected chi connectivity index (χ1v) is 11.0. The molecule has 0 unspecified atom stereocenters. The van der Waals surface area contributed by atoms with Gasteiger partial charge in [-0.1, -0.05) is 43.2 Å². The van der Waals surface area contributed by atoms with E-state index in [9.17, 15) is 9.90 Å². The zero-order valence-corrected chi connectivity index (χ0v) is 18.3. The third-order valence-corrected chi connectivity index (χ3v) is 6.82. The number of methoxy groups -OCH3 is 2. The van der Waals surface area contributed by atoms with E-state index in [2.05, 4.69) is 0 Å². The lowest BCUT2D eigenvalue weighted by Gasteiger charge is -2.52. The molecule has 1 saturated carbocycles. The molecule has 1 aliphatic carbocycles. The molecule has 0 radical (unpaired) electrons. The van der Waals surface area contributed by atoms with Crippen molar-refractivity contribution >= 4 is 12.0 Å². The molecule has 1 aliphatic heterocycles. The van der Waals surface area contributed by atoms with E-state index in [-0.39, 0.29) is 17.9 Å². The van der Waals surface area contributed by atoms with Crippen molar-refractivity contribution in [3.63, 3.8) is 0 Å². The molecule has 1 saturated heterocycles. The van der Waals surface area contributed by atoms with Crippen molar-refractivity contribution in [3.8, 4) is 11.5 Å². The van der Waals surface area contributed by atoms with Crippen molar-refractivity contribution in [2.75, 3.05) is 20.8 Å². The van der Waals surface area contributed by atoms with Crippen molar-refractivity contribution in [3.05, 3.63) is 65.7 Å². The number of aliphatic hydroxyl groups is 1. The summed E-state index contributed by atoms with van der Waals surface area (Å²) in [4.78, 5) is 15.3. The minimum Gasteiger partial charge on any atom is -0.497 e. The summed E-state index contributed by atoms with van der Waals surface area (Å²) < 4.78 is 11.1. The van der Waals surface area contributed by atoms with E-state index < -0.39 is 5.60 Å². The Morgan fingerprint density at radius 2 is 1.90 bits per heavy atom. The number of likely N-dealkylation sites (tertiary alicyclic amines) is 1. The average Bonchev–Trinajstić information content (AvgIpc) is 2.81. The van der Waals surface area contributed by atoms with Gasteiger partial charge in [0.15, 0.2) is 0 Å². The minimum absolute atomic E-state index is 0.0370. The van der Waals surface area contributed by atoms with Crippen LogP contribution in [0.2, 0.25) is 0 Å². The largest absolute Gasteiger partial charge is 0.497 e. The molecular weight excluding hydrogens is 390 g/mol. The number of rotatable bonds is 5. The molecule has 164 valence electrons. The highest BCUT2D eigenvalue weighted by Crippen LogP contribution is 2.51. The third kappa shape index (κ3) is 4.33. The summed E-state index contributed by atoms with van der Waals surface area (Å²) in [6.07, 6.45) is 7.84. The Morgan fingerprint density at radius 1 is 1.10 bits per heavy atom. The maximum atomic E-state index is 13.4. The van der Waals surface area contributed by atoms with Crippen LogP contribution < -0.4 is 9.47 Å². The lowest BCUT2D eigenvalue weighted by atomic mass is 9.66. The van der Waals surface area contributed by atoms with Gasteiger partial charge in [0.2, 0.25) is 5.91 Å². The fraction of sp³-hybridized carbons (Fsp3) is 0.423. The second kappa shape index (κ2) is 9.15. The van der Waals surface area contributed by atoms with Gasteiger partial charge in [0.05, 0.1) is 25.9 Å². The van der Waals surface area contributed by atoms with E-state index in [1.165, 1.54) is 0 Å². The van der Waals surface area contributed by atoms with Gasteiger partial charge in [-0.15, -0.1) is 0 Å². The highest BCUT2D eigenvalue weighted by Gasteiger charge is 2.50. The molecule has 0 bridgehead atoms. The zero-order chi connectivity index (χ0) is 21.8.